The third-order valence-corrected chi connectivity index (χ3v) is 4.39. The van der Waals surface area contributed by atoms with Gasteiger partial charge >= 0.3 is 5.97 Å². The lowest BCUT2D eigenvalue weighted by molar-refractivity contribution is -0.170. The Morgan fingerprint density at radius 3 is 1.97 bits per heavy atom. The number of carbonyl (C=O) groups is 4. The maximum atomic E-state index is 12.9. The number of hydrogen-bond donors (Lipinski definition) is 3. The molecule has 3 amide bonds. The smallest absolute Gasteiger partial charge is 0.305 e. The third-order valence-electron chi connectivity index (χ3n) is 4.39. The van der Waals surface area contributed by atoms with Crippen molar-refractivity contribution in [3.05, 3.63) is 0 Å². The predicted molar refractivity (Wildman–Crippen MR) is 106 cm³/mol. The maximum Gasteiger partial charge on any atom is 0.305 e. The fraction of sp³-hybridized carbons (Fsp3) is 0.800. The van der Waals surface area contributed by atoms with Crippen LogP contribution in [0.4, 0.5) is 0 Å². The van der Waals surface area contributed by atoms with Gasteiger partial charge in [-0.2, -0.15) is 0 Å². The number of esters is 1. The number of carbonyl (C=O) groups excluding carboxylic acids is 4. The van der Waals surface area contributed by atoms with Crippen LogP contribution < -0.4 is 16.0 Å². The standard InChI is InChI=1S/C20H35N3O6/c1-11(2)9-16(21-13(5)24)18(26)23-17(10-12(3)4)19(27)22-15-7-8-28-20(15)29-14(6)25/h11-12,15-17,20H,7-10H2,1-6H3,(H,21,24)(H,22,27)(H,23,26)/t15-,16-,17-,20-/m0/s1. The normalized spacial score (nSPS) is 20.8. The molecule has 29 heavy (non-hydrogen) atoms. The summed E-state index contributed by atoms with van der Waals surface area (Å²) in [5, 5.41) is 8.25. The molecule has 1 fully saturated rings. The second-order valence-corrected chi connectivity index (χ2v) is 8.33. The van der Waals surface area contributed by atoms with Crippen molar-refractivity contribution >= 4 is 23.7 Å². The van der Waals surface area contributed by atoms with E-state index in [1.165, 1.54) is 13.8 Å². The highest BCUT2D eigenvalue weighted by Crippen LogP contribution is 2.16. The second-order valence-electron chi connectivity index (χ2n) is 8.33. The number of amides is 3. The van der Waals surface area contributed by atoms with E-state index in [-0.39, 0.29) is 23.7 Å². The lowest BCUT2D eigenvalue weighted by Gasteiger charge is -2.26. The van der Waals surface area contributed by atoms with Crippen LogP contribution in [0.15, 0.2) is 0 Å². The Morgan fingerprint density at radius 2 is 1.48 bits per heavy atom. The van der Waals surface area contributed by atoms with Crippen molar-refractivity contribution in [2.24, 2.45) is 11.8 Å². The van der Waals surface area contributed by atoms with Crippen molar-refractivity contribution in [3.8, 4) is 0 Å². The summed E-state index contributed by atoms with van der Waals surface area (Å²) in [6.07, 6.45) is 0.568. The molecule has 0 aromatic heterocycles. The van der Waals surface area contributed by atoms with Crippen molar-refractivity contribution < 1.29 is 28.7 Å². The van der Waals surface area contributed by atoms with Crippen LogP contribution in [0.2, 0.25) is 0 Å². The van der Waals surface area contributed by atoms with Gasteiger partial charge in [0.2, 0.25) is 24.0 Å². The first-order valence-electron chi connectivity index (χ1n) is 10.2. The van der Waals surface area contributed by atoms with E-state index in [1.54, 1.807) is 0 Å². The van der Waals surface area contributed by atoms with Crippen LogP contribution in [0, 0.1) is 11.8 Å². The van der Waals surface area contributed by atoms with Gasteiger partial charge in [-0.15, -0.1) is 0 Å². The first-order chi connectivity index (χ1) is 13.5. The molecule has 0 aromatic carbocycles. The van der Waals surface area contributed by atoms with Gasteiger partial charge < -0.3 is 25.4 Å². The minimum atomic E-state index is -0.833. The van der Waals surface area contributed by atoms with Gasteiger partial charge in [0.15, 0.2) is 0 Å². The zero-order valence-electron chi connectivity index (χ0n) is 18.2. The topological polar surface area (TPSA) is 123 Å². The summed E-state index contributed by atoms with van der Waals surface area (Å²) in [4.78, 5) is 48.3. The van der Waals surface area contributed by atoms with E-state index >= 15 is 0 Å². The molecule has 4 atom stereocenters. The molecule has 0 bridgehead atoms. The largest absolute Gasteiger partial charge is 0.434 e. The van der Waals surface area contributed by atoms with Gasteiger partial charge in [-0.25, -0.2) is 0 Å². The molecule has 1 aliphatic rings. The number of rotatable bonds is 10. The average Bonchev–Trinajstić information content (AvgIpc) is 2.98. The Balaban J connectivity index is 2.83. The van der Waals surface area contributed by atoms with Gasteiger partial charge in [0.25, 0.3) is 0 Å². The van der Waals surface area contributed by atoms with Crippen LogP contribution in [-0.2, 0) is 28.7 Å². The highest BCUT2D eigenvalue weighted by molar-refractivity contribution is 5.91. The lowest BCUT2D eigenvalue weighted by Crippen LogP contribution is -2.56. The van der Waals surface area contributed by atoms with Gasteiger partial charge in [-0.1, -0.05) is 27.7 Å². The van der Waals surface area contributed by atoms with E-state index in [0.29, 0.717) is 25.9 Å². The fourth-order valence-corrected chi connectivity index (χ4v) is 3.19. The van der Waals surface area contributed by atoms with E-state index in [9.17, 15) is 19.2 Å². The zero-order valence-corrected chi connectivity index (χ0v) is 18.2. The van der Waals surface area contributed by atoms with Gasteiger partial charge in [0, 0.05) is 13.8 Å². The lowest BCUT2D eigenvalue weighted by atomic mass is 10.00. The number of ether oxygens (including phenoxy) is 2. The summed E-state index contributed by atoms with van der Waals surface area (Å²) in [6.45, 7) is 10.8. The van der Waals surface area contributed by atoms with Crippen molar-refractivity contribution in [2.75, 3.05) is 6.61 Å². The number of hydrogen-bond acceptors (Lipinski definition) is 6. The van der Waals surface area contributed by atoms with Gasteiger partial charge in [-0.05, 0) is 31.1 Å². The fourth-order valence-electron chi connectivity index (χ4n) is 3.19. The summed E-state index contributed by atoms with van der Waals surface area (Å²) >= 11 is 0. The zero-order chi connectivity index (χ0) is 22.1. The van der Waals surface area contributed by atoms with E-state index in [2.05, 4.69) is 16.0 Å². The van der Waals surface area contributed by atoms with E-state index in [0.717, 1.165) is 0 Å². The van der Waals surface area contributed by atoms with Crippen LogP contribution in [0.5, 0.6) is 0 Å². The summed E-state index contributed by atoms with van der Waals surface area (Å²) in [5.41, 5.74) is 0. The highest BCUT2D eigenvalue weighted by atomic mass is 16.7. The molecular weight excluding hydrogens is 378 g/mol. The molecule has 1 rings (SSSR count). The predicted octanol–water partition coefficient (Wildman–Crippen LogP) is 0.862. The molecule has 9 heteroatoms. The van der Waals surface area contributed by atoms with Gasteiger partial charge in [0.05, 0.1) is 12.6 Å². The minimum Gasteiger partial charge on any atom is -0.434 e. The molecule has 0 aliphatic carbocycles. The van der Waals surface area contributed by atoms with Crippen LogP contribution in [0.25, 0.3) is 0 Å². The monoisotopic (exact) mass is 413 g/mol. The minimum absolute atomic E-state index is 0.152. The van der Waals surface area contributed by atoms with Crippen molar-refractivity contribution in [1.82, 2.24) is 16.0 Å². The molecule has 166 valence electrons. The molecule has 1 saturated heterocycles. The SMILES string of the molecule is CC(=O)N[C@@H](CC(C)C)C(=O)N[C@@H](CC(C)C)C(=O)N[C@H]1CCO[C@H]1OC(C)=O. The Kier molecular flexibility index (Phi) is 10.1. The molecule has 0 radical (unpaired) electrons. The van der Waals surface area contributed by atoms with Gasteiger partial charge in [0.1, 0.15) is 12.1 Å². The maximum absolute atomic E-state index is 12.9. The molecule has 9 nitrogen and oxygen atoms in total. The Labute approximate surface area is 172 Å². The molecule has 3 N–H and O–H groups in total. The Hall–Kier alpha value is -2.16. The van der Waals surface area contributed by atoms with Crippen molar-refractivity contribution in [2.45, 2.75) is 85.2 Å². The Morgan fingerprint density at radius 1 is 0.931 bits per heavy atom. The van der Waals surface area contributed by atoms with Crippen LogP contribution in [0.1, 0.15) is 60.8 Å². The molecular formula is C20H35N3O6. The molecule has 0 spiro atoms. The van der Waals surface area contributed by atoms with E-state index in [1.807, 2.05) is 27.7 Å². The van der Waals surface area contributed by atoms with Crippen molar-refractivity contribution in [3.63, 3.8) is 0 Å². The summed E-state index contributed by atoms with van der Waals surface area (Å²) < 4.78 is 10.4. The van der Waals surface area contributed by atoms with Gasteiger partial charge in [-0.3, -0.25) is 19.2 Å². The van der Waals surface area contributed by atoms with Crippen LogP contribution in [-0.4, -0.2) is 54.7 Å². The molecule has 1 heterocycles. The summed E-state index contributed by atoms with van der Waals surface area (Å²) in [5.74, 6) is -1.22. The van der Waals surface area contributed by atoms with E-state index in [4.69, 9.17) is 9.47 Å². The Bertz CT molecular complexity index is 593. The van der Waals surface area contributed by atoms with Crippen molar-refractivity contribution in [1.29, 1.82) is 0 Å². The van der Waals surface area contributed by atoms with Crippen LogP contribution in [0.3, 0.4) is 0 Å². The first-order valence-corrected chi connectivity index (χ1v) is 10.2. The summed E-state index contributed by atoms with van der Waals surface area (Å²) in [7, 11) is 0. The average molecular weight is 414 g/mol. The molecule has 0 aromatic rings. The number of nitrogens with one attached hydrogen (secondary N) is 3. The molecule has 0 saturated carbocycles. The molecule has 0 unspecified atom stereocenters. The second kappa shape index (κ2) is 11.7. The van der Waals surface area contributed by atoms with E-state index < -0.39 is 36.3 Å². The first kappa shape index (κ1) is 24.9. The quantitative estimate of drug-likeness (QED) is 0.457. The third kappa shape index (κ3) is 9.25. The summed E-state index contributed by atoms with van der Waals surface area (Å²) in [6, 6.07) is -1.96. The highest BCUT2D eigenvalue weighted by Gasteiger charge is 2.35. The molecule has 1 aliphatic heterocycles. The van der Waals surface area contributed by atoms with Crippen LogP contribution >= 0.6 is 0 Å².